The van der Waals surface area contributed by atoms with Crippen molar-refractivity contribution in [2.75, 3.05) is 32.8 Å². The van der Waals surface area contributed by atoms with E-state index in [2.05, 4.69) is 9.88 Å². The molecule has 3 aromatic rings. The van der Waals surface area contributed by atoms with E-state index in [4.69, 9.17) is 4.74 Å². The molecular weight excluding hydrogens is 362 g/mol. The Morgan fingerprint density at radius 1 is 1.15 bits per heavy atom. The van der Waals surface area contributed by atoms with Gasteiger partial charge in [-0.1, -0.05) is 11.3 Å². The zero-order valence-corrected chi connectivity index (χ0v) is 15.8. The van der Waals surface area contributed by atoms with Crippen LogP contribution < -0.4 is 4.87 Å². The molecule has 0 bridgehead atoms. The lowest BCUT2D eigenvalue weighted by atomic mass is 10.1. The van der Waals surface area contributed by atoms with Crippen LogP contribution in [0.15, 0.2) is 47.5 Å². The van der Waals surface area contributed by atoms with Crippen LogP contribution in [0.5, 0.6) is 0 Å². The second kappa shape index (κ2) is 8.12. The number of carbonyl (C=O) groups is 1. The number of benzene rings is 1. The van der Waals surface area contributed by atoms with Crippen LogP contribution in [-0.4, -0.2) is 53.1 Å². The van der Waals surface area contributed by atoms with Crippen LogP contribution >= 0.6 is 11.3 Å². The summed E-state index contributed by atoms with van der Waals surface area (Å²) in [6.45, 7) is 4.94. The highest BCUT2D eigenvalue weighted by atomic mass is 32.1. The maximum absolute atomic E-state index is 12.6. The van der Waals surface area contributed by atoms with E-state index in [0.29, 0.717) is 17.7 Å². The van der Waals surface area contributed by atoms with Crippen molar-refractivity contribution in [3.8, 4) is 0 Å². The van der Waals surface area contributed by atoms with Crippen LogP contribution in [0, 0.1) is 0 Å². The van der Waals surface area contributed by atoms with Gasteiger partial charge in [0.2, 0.25) is 0 Å². The van der Waals surface area contributed by atoms with Gasteiger partial charge in [0, 0.05) is 56.3 Å². The number of ketones is 1. The van der Waals surface area contributed by atoms with Gasteiger partial charge >= 0.3 is 4.87 Å². The van der Waals surface area contributed by atoms with Crippen molar-refractivity contribution in [1.82, 2.24) is 14.5 Å². The zero-order chi connectivity index (χ0) is 18.6. The van der Waals surface area contributed by atoms with Crippen molar-refractivity contribution in [1.29, 1.82) is 0 Å². The minimum Gasteiger partial charge on any atom is -0.380 e. The third kappa shape index (κ3) is 4.00. The van der Waals surface area contributed by atoms with Crippen LogP contribution in [0.1, 0.15) is 22.3 Å². The Labute approximate surface area is 161 Å². The Balaban J connectivity index is 1.55. The molecule has 0 amide bonds. The third-order valence-electron chi connectivity index (χ3n) is 4.81. The number of thiazole rings is 1. The Bertz CT molecular complexity index is 989. The topological polar surface area (TPSA) is 64.4 Å². The van der Waals surface area contributed by atoms with E-state index in [9.17, 15) is 9.59 Å². The van der Waals surface area contributed by atoms with Gasteiger partial charge in [0.05, 0.1) is 16.8 Å². The predicted molar refractivity (Wildman–Crippen MR) is 106 cm³/mol. The monoisotopic (exact) mass is 383 g/mol. The molecule has 1 fully saturated rings. The molecule has 3 heterocycles. The van der Waals surface area contributed by atoms with Gasteiger partial charge in [0.25, 0.3) is 0 Å². The SMILES string of the molecule is O=C(c1cccnc1)c1ccc2c(c1)sc(=O)n2CCN1CCCOCC1. The Hall–Kier alpha value is -2.35. The number of fused-ring (bicyclic) bond motifs is 1. The molecule has 2 aromatic heterocycles. The van der Waals surface area contributed by atoms with Crippen molar-refractivity contribution in [2.45, 2.75) is 13.0 Å². The molecule has 0 radical (unpaired) electrons. The largest absolute Gasteiger partial charge is 0.380 e. The Morgan fingerprint density at radius 2 is 2.07 bits per heavy atom. The van der Waals surface area contributed by atoms with Crippen molar-refractivity contribution in [3.05, 3.63) is 63.5 Å². The third-order valence-corrected chi connectivity index (χ3v) is 5.75. The molecule has 1 aromatic carbocycles. The molecule has 1 saturated heterocycles. The Morgan fingerprint density at radius 3 is 2.93 bits per heavy atom. The molecule has 0 spiro atoms. The summed E-state index contributed by atoms with van der Waals surface area (Å²) in [5.41, 5.74) is 2.01. The maximum atomic E-state index is 12.6. The molecule has 7 heteroatoms. The van der Waals surface area contributed by atoms with E-state index in [1.807, 2.05) is 16.7 Å². The average molecular weight is 383 g/mol. The number of aromatic nitrogens is 2. The molecule has 0 unspecified atom stereocenters. The average Bonchev–Trinajstić information content (AvgIpc) is 2.86. The number of ether oxygens (including phenoxy) is 1. The fourth-order valence-electron chi connectivity index (χ4n) is 3.35. The first-order valence-electron chi connectivity index (χ1n) is 9.10. The molecule has 1 aliphatic rings. The standard InChI is InChI=1S/C20H21N3O3S/c24-19(16-3-1-6-21-14-16)15-4-5-17-18(13-15)27-20(25)23(17)9-8-22-7-2-11-26-12-10-22/h1,3-6,13-14H,2,7-12H2. The number of hydrogen-bond donors (Lipinski definition) is 0. The van der Waals surface area contributed by atoms with Crippen LogP contribution in [0.3, 0.4) is 0 Å². The van der Waals surface area contributed by atoms with E-state index >= 15 is 0 Å². The molecule has 140 valence electrons. The molecule has 0 N–H and O–H groups in total. The number of rotatable bonds is 5. The summed E-state index contributed by atoms with van der Waals surface area (Å²) >= 11 is 1.19. The molecule has 0 aliphatic carbocycles. The second-order valence-electron chi connectivity index (χ2n) is 6.58. The lowest BCUT2D eigenvalue weighted by Gasteiger charge is -2.19. The van der Waals surface area contributed by atoms with Crippen molar-refractivity contribution in [2.24, 2.45) is 0 Å². The molecule has 4 rings (SSSR count). The van der Waals surface area contributed by atoms with Gasteiger partial charge in [-0.15, -0.1) is 0 Å². The summed E-state index contributed by atoms with van der Waals surface area (Å²) in [6.07, 6.45) is 4.23. The number of hydrogen-bond acceptors (Lipinski definition) is 6. The quantitative estimate of drug-likeness (QED) is 0.633. The first kappa shape index (κ1) is 18.0. The number of carbonyl (C=O) groups excluding carboxylic acids is 1. The van der Waals surface area contributed by atoms with Crippen molar-refractivity contribution in [3.63, 3.8) is 0 Å². The highest BCUT2D eigenvalue weighted by Gasteiger charge is 2.15. The van der Waals surface area contributed by atoms with Gasteiger partial charge < -0.3 is 4.74 Å². The van der Waals surface area contributed by atoms with Crippen LogP contribution in [-0.2, 0) is 11.3 Å². The summed E-state index contributed by atoms with van der Waals surface area (Å²) < 4.78 is 8.13. The van der Waals surface area contributed by atoms with E-state index in [-0.39, 0.29) is 10.7 Å². The minimum atomic E-state index is -0.0815. The number of pyridine rings is 1. The van der Waals surface area contributed by atoms with Gasteiger partial charge in [-0.25, -0.2) is 0 Å². The van der Waals surface area contributed by atoms with Gasteiger partial charge in [0.1, 0.15) is 0 Å². The van der Waals surface area contributed by atoms with E-state index in [1.165, 1.54) is 11.3 Å². The van der Waals surface area contributed by atoms with Crippen LogP contribution in [0.4, 0.5) is 0 Å². The van der Waals surface area contributed by atoms with Gasteiger partial charge in [-0.2, -0.15) is 0 Å². The van der Waals surface area contributed by atoms with Crippen LogP contribution in [0.2, 0.25) is 0 Å². The fraction of sp³-hybridized carbons (Fsp3) is 0.350. The lowest BCUT2D eigenvalue weighted by Crippen LogP contribution is -2.31. The molecule has 27 heavy (non-hydrogen) atoms. The first-order chi connectivity index (χ1) is 13.2. The highest BCUT2D eigenvalue weighted by molar-refractivity contribution is 7.16. The van der Waals surface area contributed by atoms with E-state index < -0.39 is 0 Å². The molecule has 0 atom stereocenters. The minimum absolute atomic E-state index is 0.0158. The fourth-order valence-corrected chi connectivity index (χ4v) is 4.30. The molecular formula is C20H21N3O3S. The second-order valence-corrected chi connectivity index (χ2v) is 7.57. The van der Waals surface area contributed by atoms with Gasteiger partial charge in [-0.05, 0) is 36.8 Å². The summed E-state index contributed by atoms with van der Waals surface area (Å²) in [7, 11) is 0. The van der Waals surface area contributed by atoms with Crippen molar-refractivity contribution < 1.29 is 9.53 Å². The molecule has 1 aliphatic heterocycles. The van der Waals surface area contributed by atoms with E-state index in [1.54, 1.807) is 30.6 Å². The lowest BCUT2D eigenvalue weighted by molar-refractivity contribution is 0.103. The highest BCUT2D eigenvalue weighted by Crippen LogP contribution is 2.21. The predicted octanol–water partition coefficient (Wildman–Crippen LogP) is 2.41. The summed E-state index contributed by atoms with van der Waals surface area (Å²) in [4.78, 5) is 31.4. The van der Waals surface area contributed by atoms with Gasteiger partial charge in [0.15, 0.2) is 5.78 Å². The summed E-state index contributed by atoms with van der Waals surface area (Å²) in [5.74, 6) is -0.0815. The normalized spacial score (nSPS) is 15.7. The van der Waals surface area contributed by atoms with Gasteiger partial charge in [-0.3, -0.25) is 24.0 Å². The zero-order valence-electron chi connectivity index (χ0n) is 15.0. The summed E-state index contributed by atoms with van der Waals surface area (Å²) in [5, 5.41) is 0. The maximum Gasteiger partial charge on any atom is 0.308 e. The Kier molecular flexibility index (Phi) is 5.42. The molecule has 0 saturated carbocycles. The van der Waals surface area contributed by atoms with Crippen LogP contribution in [0.25, 0.3) is 10.2 Å². The van der Waals surface area contributed by atoms with E-state index in [0.717, 1.165) is 49.5 Å². The van der Waals surface area contributed by atoms with Crippen molar-refractivity contribution >= 4 is 27.3 Å². The smallest absolute Gasteiger partial charge is 0.308 e. The summed E-state index contributed by atoms with van der Waals surface area (Å²) in [6, 6.07) is 8.97. The molecule has 6 nitrogen and oxygen atoms in total. The first-order valence-corrected chi connectivity index (χ1v) is 9.92. The number of nitrogens with zero attached hydrogens (tertiary/aromatic N) is 3.